The molecule has 0 fully saturated rings. The van der Waals surface area contributed by atoms with Crippen LogP contribution >= 0.6 is 23.1 Å². The van der Waals surface area contributed by atoms with Crippen molar-refractivity contribution in [2.75, 3.05) is 12.9 Å². The van der Waals surface area contributed by atoms with Crippen LogP contribution in [0.15, 0.2) is 34.2 Å². The second-order valence-corrected chi connectivity index (χ2v) is 10.0. The summed E-state index contributed by atoms with van der Waals surface area (Å²) < 4.78 is 17.5. The van der Waals surface area contributed by atoms with Crippen LogP contribution in [0.3, 0.4) is 0 Å². The standard InChI is InChI=1S/C22H21N3O4S2/c1-22(2)9-12-13(10-29-22)17(14-5-4-7-28-14)25-20-16(12)18-19(31-20)21(24-11-23-18)30-8-6-15(26)27-3/h4-5,7,11H,6,8-10H2,1-3H3. The summed E-state index contributed by atoms with van der Waals surface area (Å²) >= 11 is 3.12. The van der Waals surface area contributed by atoms with Gasteiger partial charge >= 0.3 is 5.97 Å². The first kappa shape index (κ1) is 20.4. The number of pyridine rings is 1. The first-order valence-corrected chi connectivity index (χ1v) is 11.7. The average molecular weight is 456 g/mol. The lowest BCUT2D eigenvalue weighted by Gasteiger charge is -2.32. The van der Waals surface area contributed by atoms with Crippen LogP contribution in [0.2, 0.25) is 0 Å². The van der Waals surface area contributed by atoms with E-state index in [0.29, 0.717) is 18.8 Å². The quantitative estimate of drug-likeness (QED) is 0.236. The molecule has 0 aromatic carbocycles. The Balaban J connectivity index is 1.68. The van der Waals surface area contributed by atoms with Crippen molar-refractivity contribution in [3.63, 3.8) is 0 Å². The van der Waals surface area contributed by atoms with E-state index in [-0.39, 0.29) is 11.6 Å². The number of furan rings is 1. The fourth-order valence-electron chi connectivity index (χ4n) is 3.84. The number of methoxy groups -OCH3 is 1. The second-order valence-electron chi connectivity index (χ2n) is 7.93. The Labute approximate surface area is 187 Å². The highest BCUT2D eigenvalue weighted by Gasteiger charge is 2.32. The number of thioether (sulfide) groups is 1. The third-order valence-electron chi connectivity index (χ3n) is 5.32. The molecule has 9 heteroatoms. The van der Waals surface area contributed by atoms with Gasteiger partial charge in [-0.15, -0.1) is 23.1 Å². The molecule has 0 unspecified atom stereocenters. The zero-order valence-corrected chi connectivity index (χ0v) is 19.1. The predicted octanol–water partition coefficient (Wildman–Crippen LogP) is 5.01. The molecule has 0 amide bonds. The molecule has 1 aliphatic rings. The monoisotopic (exact) mass is 455 g/mol. The minimum Gasteiger partial charge on any atom is -0.469 e. The smallest absolute Gasteiger partial charge is 0.306 e. The summed E-state index contributed by atoms with van der Waals surface area (Å²) in [6, 6.07) is 3.79. The Morgan fingerprint density at radius 1 is 1.32 bits per heavy atom. The molecule has 0 atom stereocenters. The van der Waals surface area contributed by atoms with Crippen molar-refractivity contribution in [3.05, 3.63) is 35.9 Å². The first-order chi connectivity index (χ1) is 15.0. The third kappa shape index (κ3) is 3.71. The summed E-state index contributed by atoms with van der Waals surface area (Å²) in [5.41, 5.74) is 3.72. The molecule has 4 aromatic rings. The molecule has 0 N–H and O–H groups in total. The van der Waals surface area contributed by atoms with Gasteiger partial charge in [-0.1, -0.05) is 0 Å². The van der Waals surface area contributed by atoms with Gasteiger partial charge in [0.15, 0.2) is 5.76 Å². The number of hydrogen-bond donors (Lipinski definition) is 0. The molecular weight excluding hydrogens is 434 g/mol. The number of nitrogens with zero attached hydrogens (tertiary/aromatic N) is 3. The fourth-order valence-corrected chi connectivity index (χ4v) is 6.00. The molecule has 160 valence electrons. The SMILES string of the molecule is COC(=O)CCSc1ncnc2c1sc1nc(-c3ccco3)c3c(c12)CC(C)(C)OC3. The highest BCUT2D eigenvalue weighted by atomic mass is 32.2. The van der Waals surface area contributed by atoms with Crippen LogP contribution in [0, 0.1) is 0 Å². The minimum atomic E-state index is -0.277. The predicted molar refractivity (Wildman–Crippen MR) is 120 cm³/mol. The average Bonchev–Trinajstić information content (AvgIpc) is 3.40. The highest BCUT2D eigenvalue weighted by molar-refractivity contribution is 7.99. The Hall–Kier alpha value is -2.49. The molecular formula is C22H21N3O4S2. The van der Waals surface area contributed by atoms with Gasteiger partial charge in [0.2, 0.25) is 0 Å². The Morgan fingerprint density at radius 3 is 2.97 bits per heavy atom. The van der Waals surface area contributed by atoms with E-state index in [1.165, 1.54) is 24.4 Å². The molecule has 0 aliphatic carbocycles. The summed E-state index contributed by atoms with van der Waals surface area (Å²) in [5.74, 6) is 1.10. The van der Waals surface area contributed by atoms with E-state index >= 15 is 0 Å². The van der Waals surface area contributed by atoms with Crippen molar-refractivity contribution in [2.45, 2.75) is 43.9 Å². The van der Waals surface area contributed by atoms with Crippen molar-refractivity contribution in [1.29, 1.82) is 0 Å². The summed E-state index contributed by atoms with van der Waals surface area (Å²) in [4.78, 5) is 26.5. The number of ether oxygens (including phenoxy) is 2. The summed E-state index contributed by atoms with van der Waals surface area (Å²) in [6.45, 7) is 4.68. The number of hydrogen-bond acceptors (Lipinski definition) is 9. The minimum absolute atomic E-state index is 0.227. The van der Waals surface area contributed by atoms with Crippen molar-refractivity contribution in [1.82, 2.24) is 15.0 Å². The molecule has 0 spiro atoms. The van der Waals surface area contributed by atoms with E-state index in [0.717, 1.165) is 48.9 Å². The van der Waals surface area contributed by atoms with Crippen LogP contribution in [0.25, 0.3) is 31.9 Å². The molecule has 0 saturated heterocycles. The lowest BCUT2D eigenvalue weighted by Crippen LogP contribution is -2.32. The fraction of sp³-hybridized carbons (Fsp3) is 0.364. The van der Waals surface area contributed by atoms with Crippen LogP contribution in [0.1, 0.15) is 31.4 Å². The van der Waals surface area contributed by atoms with Crippen molar-refractivity contribution in [2.24, 2.45) is 0 Å². The number of thiophene rings is 1. The lowest BCUT2D eigenvalue weighted by molar-refractivity contribution is -0.140. The Bertz CT molecular complexity index is 1280. The number of fused-ring (bicyclic) bond motifs is 5. The van der Waals surface area contributed by atoms with Gasteiger partial charge in [0.1, 0.15) is 21.9 Å². The second kappa shape index (κ2) is 7.89. The van der Waals surface area contributed by atoms with Gasteiger partial charge in [-0.25, -0.2) is 15.0 Å². The molecule has 4 aromatic heterocycles. The third-order valence-corrected chi connectivity index (χ3v) is 7.52. The van der Waals surface area contributed by atoms with Gasteiger partial charge in [-0.05, 0) is 31.5 Å². The van der Waals surface area contributed by atoms with E-state index in [2.05, 4.69) is 23.8 Å². The van der Waals surface area contributed by atoms with Crippen molar-refractivity contribution in [3.8, 4) is 11.5 Å². The number of esters is 1. The molecule has 5 heterocycles. The van der Waals surface area contributed by atoms with Gasteiger partial charge in [0, 0.05) is 23.1 Å². The van der Waals surface area contributed by atoms with Crippen LogP contribution in [-0.4, -0.2) is 39.4 Å². The van der Waals surface area contributed by atoms with Crippen LogP contribution < -0.4 is 0 Å². The lowest BCUT2D eigenvalue weighted by atomic mass is 9.89. The van der Waals surface area contributed by atoms with Crippen LogP contribution in [-0.2, 0) is 27.3 Å². The van der Waals surface area contributed by atoms with Gasteiger partial charge < -0.3 is 13.9 Å². The van der Waals surface area contributed by atoms with Crippen LogP contribution in [0.4, 0.5) is 0 Å². The van der Waals surface area contributed by atoms with E-state index in [9.17, 15) is 4.79 Å². The Morgan fingerprint density at radius 2 is 2.19 bits per heavy atom. The van der Waals surface area contributed by atoms with E-state index in [1.54, 1.807) is 23.9 Å². The maximum Gasteiger partial charge on any atom is 0.306 e. The Kier molecular flexibility index (Phi) is 5.19. The topological polar surface area (TPSA) is 87.3 Å². The molecule has 7 nitrogen and oxygen atoms in total. The van der Waals surface area contributed by atoms with Gasteiger partial charge in [0.25, 0.3) is 0 Å². The number of carbonyl (C=O) groups is 1. The highest BCUT2D eigenvalue weighted by Crippen LogP contribution is 2.44. The van der Waals surface area contributed by atoms with Gasteiger partial charge in [0.05, 0.1) is 42.2 Å². The van der Waals surface area contributed by atoms with Gasteiger partial charge in [-0.2, -0.15) is 0 Å². The van der Waals surface area contributed by atoms with E-state index in [4.69, 9.17) is 18.9 Å². The number of rotatable bonds is 5. The summed E-state index contributed by atoms with van der Waals surface area (Å²) in [6.07, 6.45) is 4.34. The molecule has 0 saturated carbocycles. The van der Waals surface area contributed by atoms with Gasteiger partial charge in [-0.3, -0.25) is 4.79 Å². The summed E-state index contributed by atoms with van der Waals surface area (Å²) in [5, 5.41) is 1.93. The summed E-state index contributed by atoms with van der Waals surface area (Å²) in [7, 11) is 1.40. The zero-order chi connectivity index (χ0) is 21.6. The molecule has 5 rings (SSSR count). The maximum atomic E-state index is 11.5. The number of aromatic nitrogens is 3. The number of carbonyl (C=O) groups excluding carboxylic acids is 1. The molecule has 31 heavy (non-hydrogen) atoms. The van der Waals surface area contributed by atoms with Crippen molar-refractivity contribution >= 4 is 49.5 Å². The molecule has 0 bridgehead atoms. The largest absolute Gasteiger partial charge is 0.469 e. The molecule has 1 aliphatic heterocycles. The van der Waals surface area contributed by atoms with Crippen LogP contribution in [0.5, 0.6) is 0 Å². The normalized spacial score (nSPS) is 15.3. The van der Waals surface area contributed by atoms with E-state index < -0.39 is 0 Å². The van der Waals surface area contributed by atoms with Crippen molar-refractivity contribution < 1.29 is 18.7 Å². The first-order valence-electron chi connectivity index (χ1n) is 9.93. The maximum absolute atomic E-state index is 11.5. The van der Waals surface area contributed by atoms with E-state index in [1.807, 2.05) is 12.1 Å². The molecule has 0 radical (unpaired) electrons. The zero-order valence-electron chi connectivity index (χ0n) is 17.4.